The van der Waals surface area contributed by atoms with Gasteiger partial charge >= 0.3 is 0 Å². The fraction of sp³-hybridized carbons (Fsp3) is 0.263. The Balaban J connectivity index is 2.09. The van der Waals surface area contributed by atoms with Crippen LogP contribution in [-0.2, 0) is 4.79 Å². The van der Waals surface area contributed by atoms with E-state index < -0.39 is 0 Å². The highest BCUT2D eigenvalue weighted by Crippen LogP contribution is 2.29. The quantitative estimate of drug-likeness (QED) is 0.718. The van der Waals surface area contributed by atoms with Gasteiger partial charge in [0.05, 0.1) is 7.11 Å². The first-order chi connectivity index (χ1) is 12.8. The smallest absolute Gasteiger partial charge is 0.258 e. The summed E-state index contributed by atoms with van der Waals surface area (Å²) < 4.78 is 10.7. The zero-order valence-corrected chi connectivity index (χ0v) is 16.6. The molecule has 2 N–H and O–H groups in total. The van der Waals surface area contributed by atoms with Gasteiger partial charge in [-0.25, -0.2) is 0 Å². The number of ether oxygens (including phenoxy) is 2. The molecule has 0 aromatic heterocycles. The van der Waals surface area contributed by atoms with Crippen molar-refractivity contribution in [2.75, 3.05) is 19.0 Å². The van der Waals surface area contributed by atoms with E-state index in [9.17, 15) is 9.59 Å². The van der Waals surface area contributed by atoms with E-state index >= 15 is 0 Å². The number of amides is 2. The van der Waals surface area contributed by atoms with Gasteiger partial charge in [-0.1, -0.05) is 23.2 Å². The van der Waals surface area contributed by atoms with Crippen LogP contribution in [0.3, 0.4) is 0 Å². The normalized spacial score (nSPS) is 10.4. The molecule has 0 heterocycles. The van der Waals surface area contributed by atoms with Gasteiger partial charge in [-0.15, -0.1) is 0 Å². The van der Waals surface area contributed by atoms with Crippen molar-refractivity contribution in [2.45, 2.75) is 19.9 Å². The number of carbonyl (C=O) groups is 2. The summed E-state index contributed by atoms with van der Waals surface area (Å²) in [6, 6.07) is 9.44. The third kappa shape index (κ3) is 6.34. The van der Waals surface area contributed by atoms with Gasteiger partial charge in [0.25, 0.3) is 11.8 Å². The summed E-state index contributed by atoms with van der Waals surface area (Å²) in [5, 5.41) is 6.27. The minimum atomic E-state index is -0.365. The highest BCUT2D eigenvalue weighted by Gasteiger charge is 2.13. The number of hydrogen-bond donors (Lipinski definition) is 2. The summed E-state index contributed by atoms with van der Waals surface area (Å²) in [7, 11) is 1.45. The van der Waals surface area contributed by atoms with Crippen LogP contribution < -0.4 is 20.1 Å². The Labute approximate surface area is 167 Å². The Hall–Kier alpha value is -2.44. The summed E-state index contributed by atoms with van der Waals surface area (Å²) in [4.78, 5) is 24.1. The van der Waals surface area contributed by atoms with Crippen LogP contribution in [0.25, 0.3) is 0 Å². The average Bonchev–Trinajstić information content (AvgIpc) is 2.58. The van der Waals surface area contributed by atoms with Crippen molar-refractivity contribution in [3.05, 3.63) is 52.0 Å². The summed E-state index contributed by atoms with van der Waals surface area (Å²) in [5.41, 5.74) is 0.823. The van der Waals surface area contributed by atoms with Gasteiger partial charge in [0, 0.05) is 27.3 Å². The van der Waals surface area contributed by atoms with Crippen LogP contribution in [0.15, 0.2) is 36.4 Å². The molecular formula is C19H20Cl2N2O4. The molecule has 0 unspecified atom stereocenters. The van der Waals surface area contributed by atoms with Crippen molar-refractivity contribution in [1.29, 1.82) is 0 Å². The van der Waals surface area contributed by atoms with Gasteiger partial charge in [-0.2, -0.15) is 0 Å². The van der Waals surface area contributed by atoms with Crippen molar-refractivity contribution >= 4 is 40.7 Å². The van der Waals surface area contributed by atoms with Gasteiger partial charge in [0.1, 0.15) is 0 Å². The SMILES string of the molecule is COc1cc(C(=O)Nc2cc(Cl)cc(Cl)c2)ccc1OCC(=O)NC(C)C. The standard InChI is InChI=1S/C19H20Cl2N2O4/c1-11(2)22-18(24)10-27-16-5-4-12(6-17(16)26-3)19(25)23-15-8-13(20)7-14(21)9-15/h4-9,11H,10H2,1-3H3,(H,22,24)(H,23,25). The molecule has 0 spiro atoms. The molecule has 2 aromatic rings. The molecule has 0 bridgehead atoms. The largest absolute Gasteiger partial charge is 0.493 e. The molecule has 0 radical (unpaired) electrons. The molecule has 0 saturated heterocycles. The summed E-state index contributed by atoms with van der Waals surface area (Å²) >= 11 is 11.9. The van der Waals surface area contributed by atoms with Gasteiger partial charge in [0.2, 0.25) is 0 Å². The van der Waals surface area contributed by atoms with E-state index in [0.717, 1.165) is 0 Å². The zero-order valence-electron chi connectivity index (χ0n) is 15.1. The molecule has 0 aliphatic rings. The van der Waals surface area contributed by atoms with Gasteiger partial charge < -0.3 is 20.1 Å². The Kier molecular flexibility index (Phi) is 7.33. The Bertz CT molecular complexity index is 820. The van der Waals surface area contributed by atoms with Crippen LogP contribution >= 0.6 is 23.2 Å². The molecule has 0 saturated carbocycles. The van der Waals surface area contributed by atoms with Gasteiger partial charge in [0.15, 0.2) is 18.1 Å². The van der Waals surface area contributed by atoms with Crippen molar-refractivity contribution in [1.82, 2.24) is 5.32 Å². The third-order valence-electron chi connectivity index (χ3n) is 3.35. The highest BCUT2D eigenvalue weighted by molar-refractivity contribution is 6.35. The molecule has 2 amide bonds. The van der Waals surface area contributed by atoms with E-state index in [0.29, 0.717) is 32.8 Å². The van der Waals surface area contributed by atoms with Crippen molar-refractivity contribution in [3.63, 3.8) is 0 Å². The number of benzene rings is 2. The van der Waals surface area contributed by atoms with Crippen LogP contribution in [0.5, 0.6) is 11.5 Å². The van der Waals surface area contributed by atoms with E-state index in [2.05, 4.69) is 10.6 Å². The second-order valence-electron chi connectivity index (χ2n) is 5.99. The second kappa shape index (κ2) is 9.48. The second-order valence-corrected chi connectivity index (χ2v) is 6.86. The summed E-state index contributed by atoms with van der Waals surface area (Å²) in [6.07, 6.45) is 0. The molecule has 2 rings (SSSR count). The molecule has 0 aliphatic carbocycles. The summed E-state index contributed by atoms with van der Waals surface area (Å²) in [5.74, 6) is 0.0883. The number of nitrogens with one attached hydrogen (secondary N) is 2. The van der Waals surface area contributed by atoms with Crippen LogP contribution in [0.4, 0.5) is 5.69 Å². The number of anilines is 1. The first-order valence-corrected chi connectivity index (χ1v) is 8.91. The third-order valence-corrected chi connectivity index (χ3v) is 3.79. The fourth-order valence-corrected chi connectivity index (χ4v) is 2.79. The average molecular weight is 411 g/mol. The van der Waals surface area contributed by atoms with Crippen LogP contribution in [-0.4, -0.2) is 31.6 Å². The lowest BCUT2D eigenvalue weighted by molar-refractivity contribution is -0.123. The predicted molar refractivity (Wildman–Crippen MR) is 106 cm³/mol. The lowest BCUT2D eigenvalue weighted by Gasteiger charge is -2.13. The molecular weight excluding hydrogens is 391 g/mol. The lowest BCUT2D eigenvalue weighted by Crippen LogP contribution is -2.34. The van der Waals surface area contributed by atoms with Crippen molar-refractivity contribution < 1.29 is 19.1 Å². The molecule has 144 valence electrons. The predicted octanol–water partition coefficient (Wildman–Crippen LogP) is 4.16. The molecule has 8 heteroatoms. The lowest BCUT2D eigenvalue weighted by atomic mass is 10.2. The maximum absolute atomic E-state index is 12.4. The molecule has 0 atom stereocenters. The Morgan fingerprint density at radius 2 is 1.70 bits per heavy atom. The molecule has 27 heavy (non-hydrogen) atoms. The van der Waals surface area contributed by atoms with Crippen molar-refractivity contribution in [3.8, 4) is 11.5 Å². The minimum absolute atomic E-state index is 0.0223. The molecule has 0 aliphatic heterocycles. The minimum Gasteiger partial charge on any atom is -0.493 e. The number of hydrogen-bond acceptors (Lipinski definition) is 4. The topological polar surface area (TPSA) is 76.7 Å². The van der Waals surface area contributed by atoms with Crippen LogP contribution in [0.1, 0.15) is 24.2 Å². The highest BCUT2D eigenvalue weighted by atomic mass is 35.5. The number of carbonyl (C=O) groups excluding carboxylic acids is 2. The maximum atomic E-state index is 12.4. The monoisotopic (exact) mass is 410 g/mol. The molecule has 0 fully saturated rings. The first-order valence-electron chi connectivity index (χ1n) is 8.16. The van der Waals surface area contributed by atoms with E-state index in [1.54, 1.807) is 30.3 Å². The number of rotatable bonds is 7. The van der Waals surface area contributed by atoms with E-state index in [1.807, 2.05) is 13.8 Å². The Morgan fingerprint density at radius 3 is 2.30 bits per heavy atom. The van der Waals surface area contributed by atoms with E-state index in [1.165, 1.54) is 13.2 Å². The number of methoxy groups -OCH3 is 1. The van der Waals surface area contributed by atoms with Crippen LogP contribution in [0, 0.1) is 0 Å². The summed E-state index contributed by atoms with van der Waals surface area (Å²) in [6.45, 7) is 3.57. The van der Waals surface area contributed by atoms with Gasteiger partial charge in [-0.05, 0) is 50.2 Å². The maximum Gasteiger partial charge on any atom is 0.258 e. The molecule has 6 nitrogen and oxygen atoms in total. The van der Waals surface area contributed by atoms with E-state index in [-0.39, 0.29) is 24.5 Å². The zero-order chi connectivity index (χ0) is 20.0. The molecule has 2 aromatic carbocycles. The van der Waals surface area contributed by atoms with E-state index in [4.69, 9.17) is 32.7 Å². The van der Waals surface area contributed by atoms with Crippen LogP contribution in [0.2, 0.25) is 10.0 Å². The first kappa shape index (κ1) is 20.9. The van der Waals surface area contributed by atoms with Gasteiger partial charge in [-0.3, -0.25) is 9.59 Å². The Morgan fingerprint density at radius 1 is 1.04 bits per heavy atom. The fourth-order valence-electron chi connectivity index (χ4n) is 2.26. The number of halogens is 2. The van der Waals surface area contributed by atoms with Crippen molar-refractivity contribution in [2.24, 2.45) is 0 Å².